The van der Waals surface area contributed by atoms with Gasteiger partial charge in [0, 0.05) is 6.54 Å². The summed E-state index contributed by atoms with van der Waals surface area (Å²) in [5.74, 6) is 0.770. The van der Waals surface area contributed by atoms with Crippen molar-refractivity contribution in [2.75, 3.05) is 11.9 Å². The molecule has 0 saturated heterocycles. The Hall–Kier alpha value is -1.37. The summed E-state index contributed by atoms with van der Waals surface area (Å²) < 4.78 is 38.0. The van der Waals surface area contributed by atoms with Crippen molar-refractivity contribution in [2.45, 2.75) is 26.9 Å². The van der Waals surface area contributed by atoms with Crippen LogP contribution >= 0.6 is 12.2 Å². The van der Waals surface area contributed by atoms with Gasteiger partial charge in [0.1, 0.15) is 16.5 Å². The first-order chi connectivity index (χ1) is 9.12. The molecule has 0 aromatic carbocycles. The molecule has 0 saturated carbocycles. The molecule has 0 spiro atoms. The number of hydrogen-bond donors (Lipinski definition) is 2. The molecule has 0 radical (unpaired) electrons. The molecule has 3 N–H and O–H groups in total. The second kappa shape index (κ2) is 6.39. The molecule has 0 aliphatic rings. The van der Waals surface area contributed by atoms with Crippen LogP contribution in [0.15, 0.2) is 12.1 Å². The number of aromatic nitrogens is 1. The van der Waals surface area contributed by atoms with Crippen LogP contribution in [0.2, 0.25) is 0 Å². The molecule has 1 aromatic rings. The Morgan fingerprint density at radius 3 is 2.40 bits per heavy atom. The highest BCUT2D eigenvalue weighted by Gasteiger charge is 2.33. The zero-order chi connectivity index (χ0) is 15.5. The van der Waals surface area contributed by atoms with Gasteiger partial charge in [-0.3, -0.25) is 0 Å². The van der Waals surface area contributed by atoms with Gasteiger partial charge in [-0.25, -0.2) is 4.98 Å². The van der Waals surface area contributed by atoms with Gasteiger partial charge in [0.2, 0.25) is 0 Å². The van der Waals surface area contributed by atoms with Crippen molar-refractivity contribution in [2.24, 2.45) is 17.6 Å². The lowest BCUT2D eigenvalue weighted by Crippen LogP contribution is -2.21. The number of rotatable bonds is 5. The van der Waals surface area contributed by atoms with E-state index in [1.807, 2.05) is 20.8 Å². The number of pyridine rings is 1. The first-order valence-electron chi connectivity index (χ1n) is 6.24. The van der Waals surface area contributed by atoms with Crippen LogP contribution in [0.25, 0.3) is 0 Å². The molecule has 7 heteroatoms. The summed E-state index contributed by atoms with van der Waals surface area (Å²) in [6.45, 7) is 6.59. The van der Waals surface area contributed by atoms with Crippen LogP contribution in [0.4, 0.5) is 19.0 Å². The third-order valence-corrected chi connectivity index (χ3v) is 3.40. The van der Waals surface area contributed by atoms with Gasteiger partial charge in [0.15, 0.2) is 0 Å². The number of nitrogens with two attached hydrogens (primary N) is 1. The van der Waals surface area contributed by atoms with E-state index in [0.29, 0.717) is 18.0 Å². The number of halogens is 3. The van der Waals surface area contributed by atoms with Crippen molar-refractivity contribution in [1.29, 1.82) is 0 Å². The zero-order valence-electron chi connectivity index (χ0n) is 11.6. The normalized spacial score (nSPS) is 13.3. The maximum absolute atomic E-state index is 12.7. The van der Waals surface area contributed by atoms with E-state index >= 15 is 0 Å². The van der Waals surface area contributed by atoms with E-state index in [1.165, 1.54) is 6.07 Å². The van der Waals surface area contributed by atoms with Gasteiger partial charge in [-0.05, 0) is 24.0 Å². The Balaban J connectivity index is 3.04. The molecule has 1 aromatic heterocycles. The zero-order valence-corrected chi connectivity index (χ0v) is 12.4. The number of nitrogens with one attached hydrogen (secondary N) is 1. The molecule has 0 aliphatic carbocycles. The van der Waals surface area contributed by atoms with E-state index in [0.717, 1.165) is 6.07 Å². The second-order valence-corrected chi connectivity index (χ2v) is 5.50. The molecular weight excluding hydrogens is 287 g/mol. The fourth-order valence-corrected chi connectivity index (χ4v) is 1.61. The summed E-state index contributed by atoms with van der Waals surface area (Å²) >= 11 is 4.83. The van der Waals surface area contributed by atoms with Gasteiger partial charge >= 0.3 is 6.18 Å². The Morgan fingerprint density at radius 2 is 1.95 bits per heavy atom. The predicted octanol–water partition coefficient (Wildman–Crippen LogP) is 3.44. The fourth-order valence-electron chi connectivity index (χ4n) is 1.44. The van der Waals surface area contributed by atoms with Gasteiger partial charge in [0.05, 0.1) is 5.56 Å². The van der Waals surface area contributed by atoms with Gasteiger partial charge in [0.25, 0.3) is 0 Å². The number of anilines is 1. The largest absolute Gasteiger partial charge is 0.433 e. The molecule has 20 heavy (non-hydrogen) atoms. The topological polar surface area (TPSA) is 50.9 Å². The standard InChI is InChI=1S/C13H18F3N3S/c1-7(2)8(3)6-18-12-9(11(17)20)4-5-10(19-12)13(14,15)16/h4-5,7-8H,6H2,1-3H3,(H2,17,20)(H,18,19). The van der Waals surface area contributed by atoms with Gasteiger partial charge in [-0.15, -0.1) is 0 Å². The molecule has 1 atom stereocenters. The fraction of sp³-hybridized carbons (Fsp3) is 0.538. The minimum absolute atomic E-state index is 0.0194. The Kier molecular flexibility index (Phi) is 5.33. The highest BCUT2D eigenvalue weighted by Crippen LogP contribution is 2.29. The molecule has 1 heterocycles. The van der Waals surface area contributed by atoms with E-state index in [4.69, 9.17) is 18.0 Å². The van der Waals surface area contributed by atoms with Crippen LogP contribution in [0, 0.1) is 11.8 Å². The van der Waals surface area contributed by atoms with Crippen LogP contribution in [-0.4, -0.2) is 16.5 Å². The van der Waals surface area contributed by atoms with E-state index in [-0.39, 0.29) is 16.7 Å². The molecule has 0 amide bonds. The van der Waals surface area contributed by atoms with Crippen molar-refractivity contribution >= 4 is 23.0 Å². The lowest BCUT2D eigenvalue weighted by Gasteiger charge is -2.18. The smallest absolute Gasteiger partial charge is 0.389 e. The van der Waals surface area contributed by atoms with Gasteiger partial charge in [-0.2, -0.15) is 13.2 Å². The van der Waals surface area contributed by atoms with Crippen molar-refractivity contribution in [3.8, 4) is 0 Å². The minimum atomic E-state index is -4.49. The summed E-state index contributed by atoms with van der Waals surface area (Å²) in [4.78, 5) is 3.61. The van der Waals surface area contributed by atoms with E-state index in [9.17, 15) is 13.2 Å². The molecule has 0 aliphatic heterocycles. The Bertz CT molecular complexity index is 486. The van der Waals surface area contributed by atoms with Crippen molar-refractivity contribution in [1.82, 2.24) is 4.98 Å². The maximum atomic E-state index is 12.7. The summed E-state index contributed by atoms with van der Waals surface area (Å²) in [5.41, 5.74) is 4.87. The quantitative estimate of drug-likeness (QED) is 0.818. The van der Waals surface area contributed by atoms with E-state index in [2.05, 4.69) is 10.3 Å². The predicted molar refractivity (Wildman–Crippen MR) is 77.6 cm³/mol. The minimum Gasteiger partial charge on any atom is -0.389 e. The summed E-state index contributed by atoms with van der Waals surface area (Å²) in [5, 5.41) is 2.91. The Morgan fingerprint density at radius 1 is 1.35 bits per heavy atom. The summed E-state index contributed by atoms with van der Waals surface area (Å²) in [6, 6.07) is 2.13. The molecule has 112 valence electrons. The van der Waals surface area contributed by atoms with Gasteiger partial charge < -0.3 is 11.1 Å². The highest BCUT2D eigenvalue weighted by molar-refractivity contribution is 7.80. The number of hydrogen-bond acceptors (Lipinski definition) is 3. The first kappa shape index (κ1) is 16.7. The van der Waals surface area contributed by atoms with Crippen LogP contribution in [0.5, 0.6) is 0 Å². The number of nitrogens with zero attached hydrogens (tertiary/aromatic N) is 1. The molecule has 1 unspecified atom stereocenters. The van der Waals surface area contributed by atoms with Crippen molar-refractivity contribution in [3.63, 3.8) is 0 Å². The monoisotopic (exact) mass is 305 g/mol. The van der Waals surface area contributed by atoms with Gasteiger partial charge in [-0.1, -0.05) is 33.0 Å². The third-order valence-electron chi connectivity index (χ3n) is 3.18. The third kappa shape index (κ3) is 4.33. The van der Waals surface area contributed by atoms with Crippen molar-refractivity contribution in [3.05, 3.63) is 23.4 Å². The van der Waals surface area contributed by atoms with Crippen LogP contribution in [0.3, 0.4) is 0 Å². The van der Waals surface area contributed by atoms with Crippen LogP contribution < -0.4 is 11.1 Å². The number of thiocarbonyl (C=S) groups is 1. The number of alkyl halides is 3. The Labute approximate surface area is 121 Å². The molecule has 1 rings (SSSR count). The average Bonchev–Trinajstić information content (AvgIpc) is 2.34. The second-order valence-electron chi connectivity index (χ2n) is 5.06. The first-order valence-corrected chi connectivity index (χ1v) is 6.65. The molecule has 0 fully saturated rings. The van der Waals surface area contributed by atoms with Crippen molar-refractivity contribution < 1.29 is 13.2 Å². The lowest BCUT2D eigenvalue weighted by molar-refractivity contribution is -0.141. The molecule has 3 nitrogen and oxygen atoms in total. The maximum Gasteiger partial charge on any atom is 0.433 e. The lowest BCUT2D eigenvalue weighted by atomic mass is 9.98. The van der Waals surface area contributed by atoms with Crippen LogP contribution in [0.1, 0.15) is 32.0 Å². The van der Waals surface area contributed by atoms with Crippen LogP contribution in [-0.2, 0) is 6.18 Å². The SMILES string of the molecule is CC(C)C(C)CNc1nc(C(F)(F)F)ccc1C(N)=S. The summed E-state index contributed by atoms with van der Waals surface area (Å²) in [7, 11) is 0. The average molecular weight is 305 g/mol. The van der Waals surface area contributed by atoms with E-state index < -0.39 is 11.9 Å². The molecule has 0 bridgehead atoms. The summed E-state index contributed by atoms with van der Waals surface area (Å²) in [6.07, 6.45) is -4.49. The molecular formula is C13H18F3N3S. The van der Waals surface area contributed by atoms with E-state index in [1.54, 1.807) is 0 Å². The highest BCUT2D eigenvalue weighted by atomic mass is 32.1.